The molecule has 1 amide bonds. The number of carbonyl (C=O) groups is 1. The molecule has 1 heterocycles. The summed E-state index contributed by atoms with van der Waals surface area (Å²) in [5.41, 5.74) is 0. The molecular formula is C10H18N4O3S. The highest BCUT2D eigenvalue weighted by Crippen LogP contribution is 2.04. The van der Waals surface area contributed by atoms with E-state index in [-0.39, 0.29) is 12.5 Å². The Kier molecular flexibility index (Phi) is 7.23. The van der Waals surface area contributed by atoms with Crippen molar-refractivity contribution in [1.82, 2.24) is 19.4 Å². The number of ether oxygens (including phenoxy) is 1. The predicted octanol–water partition coefficient (Wildman–Crippen LogP) is -0.606. The van der Waals surface area contributed by atoms with Crippen LogP contribution in [0.5, 0.6) is 5.88 Å². The molecule has 102 valence electrons. The van der Waals surface area contributed by atoms with Crippen molar-refractivity contribution in [3.05, 3.63) is 6.20 Å². The Hall–Kier alpha value is -1.25. The topological polar surface area (TPSA) is 96.4 Å². The summed E-state index contributed by atoms with van der Waals surface area (Å²) in [5, 5.41) is 15.3. The minimum absolute atomic E-state index is 0.00397. The first-order valence-corrected chi connectivity index (χ1v) is 6.51. The van der Waals surface area contributed by atoms with Gasteiger partial charge < -0.3 is 20.5 Å². The molecule has 18 heavy (non-hydrogen) atoms. The average Bonchev–Trinajstić information content (AvgIpc) is 2.85. The molecule has 0 bridgehead atoms. The zero-order valence-corrected chi connectivity index (χ0v) is 11.1. The lowest BCUT2D eigenvalue weighted by atomic mass is 10.3. The first-order chi connectivity index (χ1) is 8.72. The molecule has 0 aromatic carbocycles. The molecule has 0 fully saturated rings. The number of rotatable bonds is 9. The van der Waals surface area contributed by atoms with Crippen LogP contribution < -0.4 is 15.4 Å². The van der Waals surface area contributed by atoms with Gasteiger partial charge in [0, 0.05) is 26.1 Å². The molecular weight excluding hydrogens is 256 g/mol. The van der Waals surface area contributed by atoms with Crippen molar-refractivity contribution in [2.24, 2.45) is 0 Å². The molecule has 1 aromatic rings. The van der Waals surface area contributed by atoms with Crippen LogP contribution in [0.4, 0.5) is 0 Å². The standard InChI is InChI=1S/C10H18N4O3S/c1-2-12-9(16)3-4-11-5-8(15)7-17-10-6-13-18-14-10/h6,8,11,15H,2-5,7H2,1H3,(H,12,16). The van der Waals surface area contributed by atoms with Gasteiger partial charge in [-0.3, -0.25) is 4.79 Å². The third-order valence-corrected chi connectivity index (χ3v) is 2.51. The van der Waals surface area contributed by atoms with Gasteiger partial charge in [0.2, 0.25) is 11.8 Å². The smallest absolute Gasteiger partial charge is 0.245 e. The Balaban J connectivity index is 2.00. The minimum Gasteiger partial charge on any atom is -0.473 e. The second-order valence-electron chi connectivity index (χ2n) is 3.62. The zero-order valence-electron chi connectivity index (χ0n) is 10.3. The Morgan fingerprint density at radius 2 is 2.50 bits per heavy atom. The summed E-state index contributed by atoms with van der Waals surface area (Å²) in [4.78, 5) is 11.1. The maximum absolute atomic E-state index is 11.1. The molecule has 8 heteroatoms. The molecule has 0 aliphatic heterocycles. The zero-order chi connectivity index (χ0) is 13.2. The lowest BCUT2D eigenvalue weighted by Crippen LogP contribution is -2.34. The van der Waals surface area contributed by atoms with E-state index in [1.807, 2.05) is 6.92 Å². The van der Waals surface area contributed by atoms with Crippen molar-refractivity contribution < 1.29 is 14.6 Å². The molecule has 7 nitrogen and oxygen atoms in total. The first kappa shape index (κ1) is 14.8. The number of amides is 1. The van der Waals surface area contributed by atoms with E-state index in [9.17, 15) is 9.90 Å². The lowest BCUT2D eigenvalue weighted by Gasteiger charge is -2.11. The number of aliphatic hydroxyl groups is 1. The Labute approximate surface area is 110 Å². The summed E-state index contributed by atoms with van der Waals surface area (Å²) >= 11 is 1.05. The van der Waals surface area contributed by atoms with Crippen LogP contribution in [0, 0.1) is 0 Å². The molecule has 0 radical (unpaired) electrons. The number of aliphatic hydroxyl groups excluding tert-OH is 1. The molecule has 0 saturated carbocycles. The molecule has 3 N–H and O–H groups in total. The number of hydrogen-bond acceptors (Lipinski definition) is 7. The summed E-state index contributed by atoms with van der Waals surface area (Å²) in [7, 11) is 0. The number of aromatic nitrogens is 2. The second-order valence-corrected chi connectivity index (χ2v) is 4.17. The van der Waals surface area contributed by atoms with Gasteiger partial charge in [-0.05, 0) is 6.92 Å². The Morgan fingerprint density at radius 3 is 3.17 bits per heavy atom. The van der Waals surface area contributed by atoms with Gasteiger partial charge in [-0.15, -0.1) is 4.37 Å². The third-order valence-electron chi connectivity index (χ3n) is 2.05. The predicted molar refractivity (Wildman–Crippen MR) is 67.6 cm³/mol. The van der Waals surface area contributed by atoms with E-state index in [1.54, 1.807) is 0 Å². The molecule has 0 aliphatic carbocycles. The Morgan fingerprint density at radius 1 is 1.67 bits per heavy atom. The lowest BCUT2D eigenvalue weighted by molar-refractivity contribution is -0.120. The van der Waals surface area contributed by atoms with Crippen LogP contribution in [0.3, 0.4) is 0 Å². The summed E-state index contributed by atoms with van der Waals surface area (Å²) in [6, 6.07) is 0. The van der Waals surface area contributed by atoms with Crippen LogP contribution in [0.1, 0.15) is 13.3 Å². The van der Waals surface area contributed by atoms with Gasteiger partial charge in [0.25, 0.3) is 0 Å². The van der Waals surface area contributed by atoms with Crippen LogP contribution >= 0.6 is 11.7 Å². The van der Waals surface area contributed by atoms with Gasteiger partial charge in [-0.25, -0.2) is 0 Å². The third kappa shape index (κ3) is 6.48. The highest BCUT2D eigenvalue weighted by Gasteiger charge is 2.06. The van der Waals surface area contributed by atoms with Gasteiger partial charge in [0.05, 0.1) is 11.7 Å². The highest BCUT2D eigenvalue weighted by molar-refractivity contribution is 6.99. The fourth-order valence-corrected chi connectivity index (χ4v) is 1.58. The maximum Gasteiger partial charge on any atom is 0.245 e. The van der Waals surface area contributed by atoms with Gasteiger partial charge in [-0.1, -0.05) is 0 Å². The molecule has 1 unspecified atom stereocenters. The molecule has 0 saturated heterocycles. The number of nitrogens with zero attached hydrogens (tertiary/aromatic N) is 2. The molecule has 1 atom stereocenters. The van der Waals surface area contributed by atoms with E-state index in [0.717, 1.165) is 11.7 Å². The Bertz CT molecular complexity index is 334. The monoisotopic (exact) mass is 274 g/mol. The number of hydrogen-bond donors (Lipinski definition) is 3. The first-order valence-electron chi connectivity index (χ1n) is 5.78. The average molecular weight is 274 g/mol. The van der Waals surface area contributed by atoms with E-state index in [1.165, 1.54) is 6.20 Å². The van der Waals surface area contributed by atoms with Gasteiger partial charge in [0.1, 0.15) is 18.9 Å². The van der Waals surface area contributed by atoms with E-state index in [2.05, 4.69) is 19.4 Å². The minimum atomic E-state index is -0.638. The van der Waals surface area contributed by atoms with Crippen molar-refractivity contribution >= 4 is 17.6 Å². The van der Waals surface area contributed by atoms with E-state index < -0.39 is 6.10 Å². The van der Waals surface area contributed by atoms with Crippen LogP contribution in [0.25, 0.3) is 0 Å². The van der Waals surface area contributed by atoms with Crippen molar-refractivity contribution in [1.29, 1.82) is 0 Å². The fraction of sp³-hybridized carbons (Fsp3) is 0.700. The molecule has 0 spiro atoms. The van der Waals surface area contributed by atoms with Gasteiger partial charge >= 0.3 is 0 Å². The van der Waals surface area contributed by atoms with Gasteiger partial charge in [0.15, 0.2) is 0 Å². The van der Waals surface area contributed by atoms with Crippen molar-refractivity contribution in [2.75, 3.05) is 26.2 Å². The SMILES string of the molecule is CCNC(=O)CCNCC(O)COc1cnsn1. The van der Waals surface area contributed by atoms with Crippen molar-refractivity contribution in [3.63, 3.8) is 0 Å². The summed E-state index contributed by atoms with van der Waals surface area (Å²) < 4.78 is 12.8. The van der Waals surface area contributed by atoms with Gasteiger partial charge in [-0.2, -0.15) is 4.37 Å². The number of nitrogens with one attached hydrogen (secondary N) is 2. The van der Waals surface area contributed by atoms with Crippen LogP contribution in [-0.4, -0.2) is 52.1 Å². The van der Waals surface area contributed by atoms with Crippen molar-refractivity contribution in [2.45, 2.75) is 19.4 Å². The number of carbonyl (C=O) groups excluding carboxylic acids is 1. The van der Waals surface area contributed by atoms with E-state index in [0.29, 0.717) is 31.9 Å². The second kappa shape index (κ2) is 8.78. The highest BCUT2D eigenvalue weighted by atomic mass is 32.1. The summed E-state index contributed by atoms with van der Waals surface area (Å²) in [6.45, 7) is 3.56. The van der Waals surface area contributed by atoms with Crippen LogP contribution in [0.2, 0.25) is 0 Å². The van der Waals surface area contributed by atoms with Crippen LogP contribution in [-0.2, 0) is 4.79 Å². The largest absolute Gasteiger partial charge is 0.473 e. The van der Waals surface area contributed by atoms with Crippen LogP contribution in [0.15, 0.2) is 6.20 Å². The molecule has 0 aliphatic rings. The molecule has 1 rings (SSSR count). The van der Waals surface area contributed by atoms with E-state index >= 15 is 0 Å². The normalized spacial score (nSPS) is 12.1. The summed E-state index contributed by atoms with van der Waals surface area (Å²) in [6.07, 6.45) is 1.26. The fourth-order valence-electron chi connectivity index (χ4n) is 1.22. The summed E-state index contributed by atoms with van der Waals surface area (Å²) in [5.74, 6) is 0.422. The van der Waals surface area contributed by atoms with E-state index in [4.69, 9.17) is 4.74 Å². The van der Waals surface area contributed by atoms with Crippen molar-refractivity contribution in [3.8, 4) is 5.88 Å². The quantitative estimate of drug-likeness (QED) is 0.520. The maximum atomic E-state index is 11.1. The molecule has 1 aromatic heterocycles.